The van der Waals surface area contributed by atoms with E-state index in [2.05, 4.69) is 69.1 Å². The Morgan fingerprint density at radius 1 is 1.19 bits per heavy atom. The molecule has 1 aliphatic heterocycles. The molecule has 21 heavy (non-hydrogen) atoms. The summed E-state index contributed by atoms with van der Waals surface area (Å²) in [5.74, 6) is 0.617. The topological polar surface area (TPSA) is 15.3 Å². The zero-order valence-corrected chi connectivity index (χ0v) is 14.4. The number of nitrogens with zero attached hydrogens (tertiary/aromatic N) is 1. The van der Waals surface area contributed by atoms with Gasteiger partial charge in [-0.25, -0.2) is 0 Å². The minimum atomic E-state index is 0.324. The first-order chi connectivity index (χ1) is 9.86. The Balaban J connectivity index is 2.00. The van der Waals surface area contributed by atoms with Crippen LogP contribution in [0.4, 0.5) is 0 Å². The second kappa shape index (κ2) is 6.93. The van der Waals surface area contributed by atoms with E-state index in [-0.39, 0.29) is 0 Å². The SMILES string of the molecule is CC(C)c1ccc(CN2CCCNC(C(C)(C)C)C2)cc1. The Morgan fingerprint density at radius 2 is 1.86 bits per heavy atom. The molecule has 1 saturated heterocycles. The van der Waals surface area contributed by atoms with Crippen molar-refractivity contribution in [3.8, 4) is 0 Å². The summed E-state index contributed by atoms with van der Waals surface area (Å²) in [6, 6.07) is 9.77. The molecule has 2 heteroatoms. The van der Waals surface area contributed by atoms with Gasteiger partial charge in [-0.1, -0.05) is 58.9 Å². The Kier molecular flexibility index (Phi) is 5.45. The summed E-state index contributed by atoms with van der Waals surface area (Å²) < 4.78 is 0. The van der Waals surface area contributed by atoms with Crippen LogP contribution < -0.4 is 5.32 Å². The van der Waals surface area contributed by atoms with Gasteiger partial charge in [-0.3, -0.25) is 4.90 Å². The van der Waals surface area contributed by atoms with Gasteiger partial charge in [-0.15, -0.1) is 0 Å². The van der Waals surface area contributed by atoms with Crippen LogP contribution in [0.15, 0.2) is 24.3 Å². The van der Waals surface area contributed by atoms with Crippen LogP contribution in [0.1, 0.15) is 58.1 Å². The van der Waals surface area contributed by atoms with Gasteiger partial charge in [0.2, 0.25) is 0 Å². The smallest absolute Gasteiger partial charge is 0.0243 e. The molecule has 0 amide bonds. The maximum atomic E-state index is 3.72. The molecule has 0 aromatic heterocycles. The van der Waals surface area contributed by atoms with Crippen LogP contribution in [-0.2, 0) is 6.54 Å². The molecule has 1 unspecified atom stereocenters. The maximum Gasteiger partial charge on any atom is 0.0243 e. The van der Waals surface area contributed by atoms with Gasteiger partial charge in [0.15, 0.2) is 0 Å². The van der Waals surface area contributed by atoms with E-state index in [0.29, 0.717) is 17.4 Å². The fourth-order valence-corrected chi connectivity index (χ4v) is 2.98. The van der Waals surface area contributed by atoms with E-state index >= 15 is 0 Å². The molecule has 0 radical (unpaired) electrons. The van der Waals surface area contributed by atoms with Gasteiger partial charge < -0.3 is 5.32 Å². The fraction of sp³-hybridized carbons (Fsp3) is 0.684. The summed E-state index contributed by atoms with van der Waals surface area (Å²) in [6.07, 6.45) is 1.25. The lowest BCUT2D eigenvalue weighted by atomic mass is 9.86. The van der Waals surface area contributed by atoms with Gasteiger partial charge in [-0.2, -0.15) is 0 Å². The van der Waals surface area contributed by atoms with Crippen molar-refractivity contribution >= 4 is 0 Å². The molecule has 0 bridgehead atoms. The minimum absolute atomic E-state index is 0.324. The van der Waals surface area contributed by atoms with Crippen LogP contribution in [0, 0.1) is 5.41 Å². The van der Waals surface area contributed by atoms with Gasteiger partial charge in [0.1, 0.15) is 0 Å². The van der Waals surface area contributed by atoms with Crippen molar-refractivity contribution in [2.45, 2.75) is 59.5 Å². The summed E-state index contributed by atoms with van der Waals surface area (Å²) >= 11 is 0. The zero-order valence-electron chi connectivity index (χ0n) is 14.4. The molecule has 2 rings (SSSR count). The van der Waals surface area contributed by atoms with Crippen LogP contribution in [0.2, 0.25) is 0 Å². The van der Waals surface area contributed by atoms with Crippen molar-refractivity contribution in [2.75, 3.05) is 19.6 Å². The van der Waals surface area contributed by atoms with E-state index in [1.165, 1.54) is 24.1 Å². The van der Waals surface area contributed by atoms with E-state index in [0.717, 1.165) is 19.6 Å². The van der Waals surface area contributed by atoms with Gasteiger partial charge in [0.25, 0.3) is 0 Å². The van der Waals surface area contributed by atoms with Crippen LogP contribution in [-0.4, -0.2) is 30.6 Å². The lowest BCUT2D eigenvalue weighted by molar-refractivity contribution is 0.192. The third-order valence-corrected chi connectivity index (χ3v) is 4.58. The second-order valence-electron chi connectivity index (χ2n) is 7.86. The van der Waals surface area contributed by atoms with Gasteiger partial charge in [-0.05, 0) is 42.0 Å². The van der Waals surface area contributed by atoms with Crippen molar-refractivity contribution in [1.82, 2.24) is 10.2 Å². The Labute approximate surface area is 130 Å². The highest BCUT2D eigenvalue weighted by molar-refractivity contribution is 5.24. The van der Waals surface area contributed by atoms with Gasteiger partial charge >= 0.3 is 0 Å². The molecule has 118 valence electrons. The number of hydrogen-bond donors (Lipinski definition) is 1. The summed E-state index contributed by atoms with van der Waals surface area (Å²) in [4.78, 5) is 2.61. The van der Waals surface area contributed by atoms with Crippen molar-refractivity contribution in [2.24, 2.45) is 5.41 Å². The van der Waals surface area contributed by atoms with Crippen LogP contribution in [0.3, 0.4) is 0 Å². The standard InChI is InChI=1S/C19H32N2/c1-15(2)17-9-7-16(8-10-17)13-21-12-6-11-20-18(14-21)19(3,4)5/h7-10,15,18,20H,6,11-14H2,1-5H3. The molecule has 1 aromatic rings. The number of nitrogens with one attached hydrogen (secondary N) is 1. The van der Waals surface area contributed by atoms with Crippen LogP contribution in [0.25, 0.3) is 0 Å². The highest BCUT2D eigenvalue weighted by Crippen LogP contribution is 2.23. The molecule has 1 aliphatic rings. The average Bonchev–Trinajstić information content (AvgIpc) is 2.64. The molecule has 1 fully saturated rings. The monoisotopic (exact) mass is 288 g/mol. The van der Waals surface area contributed by atoms with E-state index in [1.54, 1.807) is 0 Å². The minimum Gasteiger partial charge on any atom is -0.312 e. The van der Waals surface area contributed by atoms with E-state index in [9.17, 15) is 0 Å². The molecule has 1 heterocycles. The predicted molar refractivity (Wildman–Crippen MR) is 91.7 cm³/mol. The fourth-order valence-electron chi connectivity index (χ4n) is 2.98. The highest BCUT2D eigenvalue weighted by Gasteiger charge is 2.27. The van der Waals surface area contributed by atoms with E-state index < -0.39 is 0 Å². The quantitative estimate of drug-likeness (QED) is 0.903. The van der Waals surface area contributed by atoms with Crippen molar-refractivity contribution in [3.05, 3.63) is 35.4 Å². The number of benzene rings is 1. The Morgan fingerprint density at radius 3 is 2.43 bits per heavy atom. The number of hydrogen-bond acceptors (Lipinski definition) is 2. The van der Waals surface area contributed by atoms with Crippen molar-refractivity contribution < 1.29 is 0 Å². The van der Waals surface area contributed by atoms with Crippen molar-refractivity contribution in [1.29, 1.82) is 0 Å². The Hall–Kier alpha value is -0.860. The molecule has 0 saturated carbocycles. The van der Waals surface area contributed by atoms with Gasteiger partial charge in [0, 0.05) is 19.1 Å². The normalized spacial score (nSPS) is 21.5. The summed E-state index contributed by atoms with van der Waals surface area (Å²) in [6.45, 7) is 16.1. The summed E-state index contributed by atoms with van der Waals surface area (Å²) in [5.41, 5.74) is 3.20. The lowest BCUT2D eigenvalue weighted by Crippen LogP contribution is -2.46. The molecule has 2 nitrogen and oxygen atoms in total. The number of rotatable bonds is 3. The molecule has 1 aromatic carbocycles. The van der Waals surface area contributed by atoms with E-state index in [1.807, 2.05) is 0 Å². The first-order valence-corrected chi connectivity index (χ1v) is 8.41. The Bertz CT molecular complexity index is 428. The lowest BCUT2D eigenvalue weighted by Gasteiger charge is -2.33. The molecule has 0 aliphatic carbocycles. The average molecular weight is 288 g/mol. The summed E-state index contributed by atoms with van der Waals surface area (Å²) in [7, 11) is 0. The molecule has 0 spiro atoms. The van der Waals surface area contributed by atoms with E-state index in [4.69, 9.17) is 0 Å². The molecule has 1 N–H and O–H groups in total. The highest BCUT2D eigenvalue weighted by atomic mass is 15.2. The molecule has 1 atom stereocenters. The second-order valence-corrected chi connectivity index (χ2v) is 7.86. The molecular weight excluding hydrogens is 256 g/mol. The summed E-state index contributed by atoms with van der Waals surface area (Å²) in [5, 5.41) is 3.72. The van der Waals surface area contributed by atoms with Crippen molar-refractivity contribution in [3.63, 3.8) is 0 Å². The van der Waals surface area contributed by atoms with Crippen LogP contribution in [0.5, 0.6) is 0 Å². The third kappa shape index (κ3) is 4.82. The maximum absolute atomic E-state index is 3.72. The predicted octanol–water partition coefficient (Wildman–Crippen LogP) is 4.02. The zero-order chi connectivity index (χ0) is 15.5. The largest absolute Gasteiger partial charge is 0.312 e. The van der Waals surface area contributed by atoms with Gasteiger partial charge in [0.05, 0.1) is 0 Å². The molecular formula is C19H32N2. The first kappa shape index (κ1) is 16.5. The third-order valence-electron chi connectivity index (χ3n) is 4.58. The first-order valence-electron chi connectivity index (χ1n) is 8.41. The van der Waals surface area contributed by atoms with Crippen LogP contribution >= 0.6 is 0 Å².